The van der Waals surface area contributed by atoms with Gasteiger partial charge in [-0.1, -0.05) is 362 Å². The van der Waals surface area contributed by atoms with E-state index in [-0.39, 0.29) is 19.3 Å². The topological polar surface area (TPSA) is 231 Å². The lowest BCUT2D eigenvalue weighted by molar-refractivity contribution is -0.161. The number of aliphatic hydroxyl groups is 2. The minimum Gasteiger partial charge on any atom is -0.463 e. The van der Waals surface area contributed by atoms with Crippen LogP contribution in [0.15, 0.2) is 207 Å². The lowest BCUT2D eigenvalue weighted by Crippen LogP contribution is -2.30. The van der Waals surface area contributed by atoms with E-state index in [1.807, 2.05) is 0 Å². The van der Waals surface area contributed by atoms with Crippen molar-refractivity contribution in [1.82, 2.24) is 0 Å². The van der Waals surface area contributed by atoms with Crippen LogP contribution >= 0.6 is 15.6 Å². The van der Waals surface area contributed by atoms with Crippen molar-refractivity contribution in [3.63, 3.8) is 0 Å². The molecule has 0 bridgehead atoms. The molecule has 0 radical (unpaired) electrons. The van der Waals surface area contributed by atoms with E-state index >= 15 is 0 Å². The Hall–Kier alpha value is -5.87. The maximum absolute atomic E-state index is 13.0. The normalized spacial score (nSPS) is 14.8. The zero-order chi connectivity index (χ0) is 85.1. The Labute approximate surface area is 711 Å². The van der Waals surface area contributed by atoms with Crippen molar-refractivity contribution in [3.05, 3.63) is 207 Å². The van der Waals surface area contributed by atoms with Crippen molar-refractivity contribution in [3.8, 4) is 0 Å². The highest BCUT2D eigenvalue weighted by Crippen LogP contribution is 2.45. The zero-order valence-electron chi connectivity index (χ0n) is 73.0. The Morgan fingerprint density at radius 1 is 0.239 bits per heavy atom. The van der Waals surface area contributed by atoms with E-state index in [1.165, 1.54) is 103 Å². The summed E-state index contributed by atoms with van der Waals surface area (Å²) in [7, 11) is -9.83. The first-order valence-electron chi connectivity index (χ1n) is 45.4. The largest absolute Gasteiger partial charge is 0.472 e. The van der Waals surface area contributed by atoms with E-state index in [9.17, 15) is 43.5 Å². The molecule has 0 aliphatic carbocycles. The van der Waals surface area contributed by atoms with Gasteiger partial charge in [-0.15, -0.1) is 0 Å². The summed E-state index contributed by atoms with van der Waals surface area (Å²) in [6, 6.07) is 0. The van der Waals surface area contributed by atoms with Crippen molar-refractivity contribution >= 4 is 33.6 Å². The SMILES string of the molecule is CC/C=C\C/C=C\C/C=C\C/C=C\C/C=C\C/C=C\CCCCCCCCCCCCCCC(=O)OCC(O)COP(=O)(O)OCC(O)COP(=O)(O)OCC(COC(=O)CCCCCCCCCCCCCCC/C=C\C/C=C\C/C=C\C/C=C\C/C=C\CC)OC(=O)CCCC/C=C\C/C=C\C/C=C\C/C=C\C/C=C\C/C=C\CC. The van der Waals surface area contributed by atoms with E-state index < -0.39 is 91.5 Å². The van der Waals surface area contributed by atoms with E-state index in [0.29, 0.717) is 25.7 Å². The molecule has 0 saturated heterocycles. The second kappa shape index (κ2) is 89.4. The summed E-state index contributed by atoms with van der Waals surface area (Å²) in [5.41, 5.74) is 0. The summed E-state index contributed by atoms with van der Waals surface area (Å²) in [4.78, 5) is 59.0. The molecule has 0 aromatic rings. The molecule has 18 heteroatoms. The molecule has 5 atom stereocenters. The number of unbranched alkanes of at least 4 members (excludes halogenated alkanes) is 27. The summed E-state index contributed by atoms with van der Waals surface area (Å²) in [6.07, 6.45) is 120. The first-order chi connectivity index (χ1) is 57.2. The molecule has 0 aliphatic rings. The Morgan fingerprint density at radius 3 is 0.692 bits per heavy atom. The second-order valence-electron chi connectivity index (χ2n) is 29.6. The third-order valence-electron chi connectivity index (χ3n) is 18.5. The minimum atomic E-state index is -4.96. The zero-order valence-corrected chi connectivity index (χ0v) is 74.8. The van der Waals surface area contributed by atoms with Crippen LogP contribution in [0.3, 0.4) is 0 Å². The predicted octanol–water partition coefficient (Wildman–Crippen LogP) is 28.0. The molecule has 0 aliphatic heterocycles. The van der Waals surface area contributed by atoms with Crippen molar-refractivity contribution in [2.45, 2.75) is 360 Å². The molecule has 0 heterocycles. The molecule has 0 fully saturated rings. The summed E-state index contributed by atoms with van der Waals surface area (Å²) < 4.78 is 61.4. The summed E-state index contributed by atoms with van der Waals surface area (Å²) in [5.74, 6) is -1.63. The monoisotopic (exact) mass is 1670 g/mol. The highest BCUT2D eigenvalue weighted by atomic mass is 31.2. The third kappa shape index (κ3) is 90.7. The van der Waals surface area contributed by atoms with Gasteiger partial charge in [0.25, 0.3) is 0 Å². The van der Waals surface area contributed by atoms with Crippen LogP contribution < -0.4 is 0 Å². The van der Waals surface area contributed by atoms with Gasteiger partial charge < -0.3 is 34.2 Å². The number of rotatable bonds is 84. The molecular weight excluding hydrogens is 1510 g/mol. The number of allylic oxidation sites excluding steroid dienone is 34. The van der Waals surface area contributed by atoms with E-state index in [0.717, 1.165) is 173 Å². The molecule has 0 rings (SSSR count). The predicted molar refractivity (Wildman–Crippen MR) is 491 cm³/mol. The van der Waals surface area contributed by atoms with Crippen molar-refractivity contribution in [1.29, 1.82) is 0 Å². The smallest absolute Gasteiger partial charge is 0.463 e. The van der Waals surface area contributed by atoms with Crippen molar-refractivity contribution in [2.24, 2.45) is 0 Å². The number of hydrogen-bond acceptors (Lipinski definition) is 14. The maximum Gasteiger partial charge on any atom is 0.472 e. The molecule has 117 heavy (non-hydrogen) atoms. The lowest BCUT2D eigenvalue weighted by atomic mass is 10.0. The van der Waals surface area contributed by atoms with Crippen LogP contribution in [0.2, 0.25) is 0 Å². The quantitative estimate of drug-likeness (QED) is 0.0146. The molecule has 0 amide bonds. The van der Waals surface area contributed by atoms with Gasteiger partial charge in [0.1, 0.15) is 25.4 Å². The Bertz CT molecular complexity index is 2960. The number of esters is 3. The molecule has 0 aromatic heterocycles. The summed E-state index contributed by atoms with van der Waals surface area (Å²) in [6.45, 7) is 2.30. The van der Waals surface area contributed by atoms with Crippen LogP contribution in [0.5, 0.6) is 0 Å². The van der Waals surface area contributed by atoms with Gasteiger partial charge in [-0.25, -0.2) is 9.13 Å². The minimum absolute atomic E-state index is 0.0427. The molecule has 664 valence electrons. The van der Waals surface area contributed by atoms with E-state index in [4.69, 9.17) is 32.3 Å². The maximum atomic E-state index is 13.0. The van der Waals surface area contributed by atoms with Crippen LogP contribution in [0, 0.1) is 0 Å². The first kappa shape index (κ1) is 111. The number of phosphoric ester groups is 2. The molecule has 0 saturated carbocycles. The van der Waals surface area contributed by atoms with Gasteiger partial charge in [0.05, 0.1) is 26.4 Å². The van der Waals surface area contributed by atoms with Crippen LogP contribution in [-0.4, -0.2) is 95.9 Å². The van der Waals surface area contributed by atoms with Gasteiger partial charge in [-0.2, -0.15) is 0 Å². The Kier molecular flexibility index (Phi) is 84.9. The Balaban J connectivity index is 4.64. The summed E-state index contributed by atoms with van der Waals surface area (Å²) in [5, 5.41) is 20.7. The number of hydrogen-bond donors (Lipinski definition) is 4. The molecule has 0 aromatic carbocycles. The third-order valence-corrected chi connectivity index (χ3v) is 20.4. The number of ether oxygens (including phenoxy) is 3. The van der Waals surface area contributed by atoms with Crippen LogP contribution in [-0.2, 0) is 55.8 Å². The van der Waals surface area contributed by atoms with Crippen molar-refractivity contribution in [2.75, 3.05) is 39.6 Å². The Morgan fingerprint density at radius 2 is 0.427 bits per heavy atom. The van der Waals surface area contributed by atoms with Gasteiger partial charge in [0, 0.05) is 19.3 Å². The van der Waals surface area contributed by atoms with Gasteiger partial charge in [0.2, 0.25) is 0 Å². The lowest BCUT2D eigenvalue weighted by Gasteiger charge is -2.21. The fourth-order valence-electron chi connectivity index (χ4n) is 11.7. The number of carbonyl (C=O) groups is 3. The van der Waals surface area contributed by atoms with Crippen LogP contribution in [0.1, 0.15) is 342 Å². The molecule has 16 nitrogen and oxygen atoms in total. The highest BCUT2D eigenvalue weighted by molar-refractivity contribution is 7.47. The van der Waals surface area contributed by atoms with Crippen molar-refractivity contribution < 1.29 is 75.8 Å². The van der Waals surface area contributed by atoms with Crippen LogP contribution in [0.4, 0.5) is 0 Å². The fourth-order valence-corrected chi connectivity index (χ4v) is 13.3. The van der Waals surface area contributed by atoms with Gasteiger partial charge in [-0.3, -0.25) is 32.5 Å². The van der Waals surface area contributed by atoms with E-state index in [1.54, 1.807) is 0 Å². The van der Waals surface area contributed by atoms with Gasteiger partial charge in [-0.05, 0) is 167 Å². The number of phosphoric acid groups is 2. The fraction of sp³-hybridized carbons (Fsp3) is 0.626. The van der Waals surface area contributed by atoms with Gasteiger partial charge in [0.15, 0.2) is 6.10 Å². The number of carbonyl (C=O) groups excluding carboxylic acids is 3. The molecule has 0 spiro atoms. The number of aliphatic hydroxyl groups excluding tert-OH is 2. The molecule has 4 N–H and O–H groups in total. The standard InChI is InChI=1S/C99H162O16P2/c1-4-7-10-13-16-19-22-25-28-31-34-37-39-41-43-45-46-48-50-51-53-56-58-61-64-67-70-73-76-79-82-85-97(102)109-88-94(100)89-111-116(105,106)112-90-95(101)91-113-117(107,108)114-93-96(115-99(104)87-84-81-78-75-72-69-66-63-60-55-36-33-30-27-24-21-18-15-12-9-6-3)92-110-98(103)86-83-80-77-74-71-68-65-62-59-57-54-52-49-47-44-42-40-38-35-32-29-26-23-20-17-14-11-8-5-2/h7-12,16-21,25-30,34-38,41-44,46,48,55,63,66,72,75,94-96,100-101H,4-6,13-15,22-24,31-33,39-40,45,47,49-54,56-62,64-65,67-71,73-74,76-93H2,1-3H3,(H,105,106)(H,107,108)/b10-7-,11-8-,12-9-,19-16-,20-17-,21-18-,28-25-,29-26-,30-27-,37-34-,38-35-,43-41-,44-42-,48-46-,55-36-,66-63-,75-72-. The average Bonchev–Trinajstić information content (AvgIpc) is 0.899. The first-order valence-corrected chi connectivity index (χ1v) is 48.4. The molecule has 5 unspecified atom stereocenters. The molecular formula is C99H162O16P2. The highest BCUT2D eigenvalue weighted by Gasteiger charge is 2.29. The van der Waals surface area contributed by atoms with Crippen LogP contribution in [0.25, 0.3) is 0 Å². The van der Waals surface area contributed by atoms with E-state index in [2.05, 4.69) is 227 Å². The average molecular weight is 1670 g/mol. The summed E-state index contributed by atoms with van der Waals surface area (Å²) >= 11 is 0. The van der Waals surface area contributed by atoms with Gasteiger partial charge >= 0.3 is 33.6 Å². The second-order valence-corrected chi connectivity index (χ2v) is 32.5.